The fraction of sp³-hybridized carbons (Fsp3) is 0.364. The van der Waals surface area contributed by atoms with Gasteiger partial charge >= 0.3 is 5.97 Å². The number of hydrogen-bond donors (Lipinski definition) is 1. The van der Waals surface area contributed by atoms with E-state index in [0.717, 1.165) is 5.56 Å². The second kappa shape index (κ2) is 3.64. The van der Waals surface area contributed by atoms with Crippen molar-refractivity contribution in [1.82, 2.24) is 0 Å². The summed E-state index contributed by atoms with van der Waals surface area (Å²) in [6.07, 6.45) is 0. The van der Waals surface area contributed by atoms with Crippen LogP contribution in [0.25, 0.3) is 0 Å². The Balaban J connectivity index is 2.35. The van der Waals surface area contributed by atoms with E-state index < -0.39 is 11.6 Å². The van der Waals surface area contributed by atoms with Crippen LogP contribution < -0.4 is 0 Å². The van der Waals surface area contributed by atoms with Crippen LogP contribution in [0.15, 0.2) is 24.3 Å². The lowest BCUT2D eigenvalue weighted by Crippen LogP contribution is -2.48. The third-order valence-corrected chi connectivity index (χ3v) is 2.70. The molecule has 0 amide bonds. The van der Waals surface area contributed by atoms with Crippen molar-refractivity contribution in [3.8, 4) is 0 Å². The number of carboxylic acids is 1. The van der Waals surface area contributed by atoms with E-state index in [1.165, 1.54) is 0 Å². The molecular weight excluding hydrogens is 196 g/mol. The first-order chi connectivity index (χ1) is 7.18. The summed E-state index contributed by atoms with van der Waals surface area (Å²) in [5, 5.41) is 8.87. The molecule has 1 aliphatic rings. The van der Waals surface area contributed by atoms with Crippen molar-refractivity contribution in [3.63, 3.8) is 0 Å². The van der Waals surface area contributed by atoms with Crippen molar-refractivity contribution >= 4 is 5.97 Å². The Morgan fingerprint density at radius 1 is 1.53 bits per heavy atom. The zero-order chi connectivity index (χ0) is 10.9. The van der Waals surface area contributed by atoms with Gasteiger partial charge < -0.3 is 14.6 Å². The molecule has 0 unspecified atom stereocenters. The molecule has 1 aromatic rings. The summed E-state index contributed by atoms with van der Waals surface area (Å²) in [7, 11) is 1.61. The van der Waals surface area contributed by atoms with Crippen molar-refractivity contribution < 1.29 is 19.4 Å². The largest absolute Gasteiger partial charge is 0.478 e. The van der Waals surface area contributed by atoms with Gasteiger partial charge in [-0.15, -0.1) is 0 Å². The predicted octanol–water partition coefficient (Wildman–Crippen LogP) is 1.26. The van der Waals surface area contributed by atoms with Crippen molar-refractivity contribution in [1.29, 1.82) is 0 Å². The Bertz CT molecular complexity index is 376. The third-order valence-electron chi connectivity index (χ3n) is 2.70. The molecule has 1 aromatic carbocycles. The zero-order valence-electron chi connectivity index (χ0n) is 8.40. The number of hydrogen-bond acceptors (Lipinski definition) is 3. The van der Waals surface area contributed by atoms with Crippen molar-refractivity contribution in [3.05, 3.63) is 35.4 Å². The fourth-order valence-corrected chi connectivity index (χ4v) is 1.63. The summed E-state index contributed by atoms with van der Waals surface area (Å²) in [5.74, 6) is -0.927. The molecule has 1 aliphatic heterocycles. The van der Waals surface area contributed by atoms with E-state index in [1.807, 2.05) is 6.07 Å². The maximum atomic E-state index is 10.8. The van der Waals surface area contributed by atoms with Crippen LogP contribution in [0.2, 0.25) is 0 Å². The molecule has 0 bridgehead atoms. The van der Waals surface area contributed by atoms with Gasteiger partial charge in [0.2, 0.25) is 0 Å². The number of aromatic carboxylic acids is 1. The molecular formula is C11H12O4. The maximum absolute atomic E-state index is 10.8. The Morgan fingerprint density at radius 2 is 2.27 bits per heavy atom. The van der Waals surface area contributed by atoms with Gasteiger partial charge in [-0.3, -0.25) is 0 Å². The summed E-state index contributed by atoms with van der Waals surface area (Å²) < 4.78 is 10.5. The van der Waals surface area contributed by atoms with E-state index in [-0.39, 0.29) is 5.56 Å². The highest BCUT2D eigenvalue weighted by Crippen LogP contribution is 2.33. The van der Waals surface area contributed by atoms with Crippen molar-refractivity contribution in [2.24, 2.45) is 0 Å². The average molecular weight is 208 g/mol. The number of carboxylic acid groups (broad SMARTS) is 1. The molecule has 1 N–H and O–H groups in total. The van der Waals surface area contributed by atoms with Crippen LogP contribution in [-0.4, -0.2) is 31.4 Å². The number of carbonyl (C=O) groups is 1. The Labute approximate surface area is 87.4 Å². The maximum Gasteiger partial charge on any atom is 0.335 e. The van der Waals surface area contributed by atoms with Gasteiger partial charge in [-0.25, -0.2) is 4.79 Å². The van der Waals surface area contributed by atoms with Crippen molar-refractivity contribution in [2.45, 2.75) is 5.60 Å². The zero-order valence-corrected chi connectivity index (χ0v) is 8.40. The van der Waals surface area contributed by atoms with Gasteiger partial charge in [0.1, 0.15) is 5.60 Å². The summed E-state index contributed by atoms with van der Waals surface area (Å²) in [6, 6.07) is 6.78. The fourth-order valence-electron chi connectivity index (χ4n) is 1.63. The highest BCUT2D eigenvalue weighted by atomic mass is 16.6. The van der Waals surface area contributed by atoms with Gasteiger partial charge in [-0.2, -0.15) is 0 Å². The van der Waals surface area contributed by atoms with Gasteiger partial charge in [-0.05, 0) is 17.7 Å². The molecule has 0 aliphatic carbocycles. The molecule has 15 heavy (non-hydrogen) atoms. The van der Waals surface area contributed by atoms with Crippen LogP contribution in [0.3, 0.4) is 0 Å². The molecule has 0 atom stereocenters. The normalized spacial score (nSPS) is 18.2. The first-order valence-corrected chi connectivity index (χ1v) is 4.65. The van der Waals surface area contributed by atoms with E-state index in [0.29, 0.717) is 13.2 Å². The first kappa shape index (κ1) is 10.1. The van der Waals surface area contributed by atoms with E-state index >= 15 is 0 Å². The summed E-state index contributed by atoms with van der Waals surface area (Å²) >= 11 is 0. The van der Waals surface area contributed by atoms with Crippen LogP contribution in [0.1, 0.15) is 15.9 Å². The number of ether oxygens (including phenoxy) is 2. The van der Waals surface area contributed by atoms with Crippen LogP contribution in [0, 0.1) is 0 Å². The molecule has 2 rings (SSSR count). The van der Waals surface area contributed by atoms with Gasteiger partial charge in [0, 0.05) is 7.11 Å². The van der Waals surface area contributed by atoms with Crippen LogP contribution in [0.5, 0.6) is 0 Å². The smallest absolute Gasteiger partial charge is 0.335 e. The van der Waals surface area contributed by atoms with Crippen LogP contribution in [0.4, 0.5) is 0 Å². The van der Waals surface area contributed by atoms with Gasteiger partial charge in [0.25, 0.3) is 0 Å². The molecule has 0 saturated carbocycles. The van der Waals surface area contributed by atoms with Gasteiger partial charge in [-0.1, -0.05) is 12.1 Å². The standard InChI is InChI=1S/C11H12O4/c1-14-11(6-15-7-11)9-4-2-3-8(5-9)10(12)13/h2-5H,6-7H2,1H3,(H,12,13). The lowest BCUT2D eigenvalue weighted by atomic mass is 9.90. The highest BCUT2D eigenvalue weighted by molar-refractivity contribution is 5.87. The Hall–Kier alpha value is -1.39. The Morgan fingerprint density at radius 3 is 2.73 bits per heavy atom. The number of methoxy groups -OCH3 is 1. The van der Waals surface area contributed by atoms with E-state index in [4.69, 9.17) is 14.6 Å². The predicted molar refractivity (Wildman–Crippen MR) is 52.9 cm³/mol. The molecule has 1 fully saturated rings. The van der Waals surface area contributed by atoms with Crippen LogP contribution in [-0.2, 0) is 15.1 Å². The number of benzene rings is 1. The van der Waals surface area contributed by atoms with Gasteiger partial charge in [0.05, 0.1) is 18.8 Å². The van der Waals surface area contributed by atoms with Crippen molar-refractivity contribution in [2.75, 3.05) is 20.3 Å². The molecule has 0 radical (unpaired) electrons. The molecule has 4 nitrogen and oxygen atoms in total. The summed E-state index contributed by atoms with van der Waals surface area (Å²) in [5.41, 5.74) is 0.679. The highest BCUT2D eigenvalue weighted by Gasteiger charge is 2.40. The molecule has 1 heterocycles. The summed E-state index contributed by atoms with van der Waals surface area (Å²) in [4.78, 5) is 10.8. The average Bonchev–Trinajstić information content (AvgIpc) is 2.17. The van der Waals surface area contributed by atoms with E-state index in [9.17, 15) is 4.79 Å². The Kier molecular flexibility index (Phi) is 2.46. The monoisotopic (exact) mass is 208 g/mol. The van der Waals surface area contributed by atoms with E-state index in [2.05, 4.69) is 0 Å². The lowest BCUT2D eigenvalue weighted by molar-refractivity contribution is -0.202. The quantitative estimate of drug-likeness (QED) is 0.812. The number of rotatable bonds is 3. The minimum absolute atomic E-state index is 0.274. The van der Waals surface area contributed by atoms with E-state index in [1.54, 1.807) is 25.3 Å². The third kappa shape index (κ3) is 1.62. The van der Waals surface area contributed by atoms with Gasteiger partial charge in [0.15, 0.2) is 0 Å². The topological polar surface area (TPSA) is 55.8 Å². The molecule has 1 saturated heterocycles. The second-order valence-corrected chi connectivity index (χ2v) is 3.58. The minimum Gasteiger partial charge on any atom is -0.478 e. The molecule has 80 valence electrons. The molecule has 0 aromatic heterocycles. The lowest BCUT2D eigenvalue weighted by Gasteiger charge is -2.40. The summed E-state index contributed by atoms with van der Waals surface area (Å²) in [6.45, 7) is 0.957. The SMILES string of the molecule is COC1(c2cccc(C(=O)O)c2)COC1. The minimum atomic E-state index is -0.927. The second-order valence-electron chi connectivity index (χ2n) is 3.58. The van der Waals surface area contributed by atoms with Crippen LogP contribution >= 0.6 is 0 Å². The first-order valence-electron chi connectivity index (χ1n) is 4.65. The molecule has 0 spiro atoms. The molecule has 4 heteroatoms.